The van der Waals surface area contributed by atoms with Crippen LogP contribution in [0, 0.1) is 0 Å². The summed E-state index contributed by atoms with van der Waals surface area (Å²) in [7, 11) is -0.626. The normalized spacial score (nSPS) is 10.7. The van der Waals surface area contributed by atoms with Gasteiger partial charge in [0.1, 0.15) is 5.75 Å². The Morgan fingerprint density at radius 1 is 0.429 bits per heavy atom. The van der Waals surface area contributed by atoms with Gasteiger partial charge in [0.2, 0.25) is 0 Å². The number of hydrogen-bond donors (Lipinski definition) is 1. The van der Waals surface area contributed by atoms with E-state index in [1.807, 2.05) is 24.3 Å². The third-order valence-corrected chi connectivity index (χ3v) is 9.96. The lowest BCUT2D eigenvalue weighted by Crippen LogP contribution is -2.20. The van der Waals surface area contributed by atoms with Crippen LogP contribution < -0.4 is 15.9 Å². The first-order valence-electron chi connectivity index (χ1n) is 15.6. The van der Waals surface area contributed by atoms with E-state index in [2.05, 4.69) is 123 Å². The lowest BCUT2D eigenvalue weighted by Gasteiger charge is -2.20. The molecule has 0 radical (unpaired) electrons. The van der Waals surface area contributed by atoms with Gasteiger partial charge in [0, 0.05) is 0 Å². The highest BCUT2D eigenvalue weighted by Gasteiger charge is 2.16. The van der Waals surface area contributed by atoms with E-state index in [9.17, 15) is 5.11 Å². The molecule has 0 aromatic heterocycles. The van der Waals surface area contributed by atoms with Gasteiger partial charge in [-0.05, 0) is 83.9 Å². The number of benzene rings is 5. The van der Waals surface area contributed by atoms with Crippen molar-refractivity contribution in [3.63, 3.8) is 0 Å². The summed E-state index contributed by atoms with van der Waals surface area (Å²) in [4.78, 5) is 0. The third kappa shape index (κ3) is 9.71. The SMILES string of the molecule is CCCCCc1ccc(P(c2ccc(O)cc2)c2ccc(CCCCC)cc2)cc1.c1ccc(-c2ccccc2)cc1. The molecule has 42 heavy (non-hydrogen) atoms. The Morgan fingerprint density at radius 3 is 1.14 bits per heavy atom. The zero-order chi connectivity index (χ0) is 29.4. The molecule has 5 rings (SSSR count). The molecular weight excluding hydrogens is 527 g/mol. The monoisotopic (exact) mass is 572 g/mol. The van der Waals surface area contributed by atoms with Crippen LogP contribution >= 0.6 is 7.92 Å². The van der Waals surface area contributed by atoms with Gasteiger partial charge in [0.25, 0.3) is 0 Å². The summed E-state index contributed by atoms with van der Waals surface area (Å²) in [5.74, 6) is 0.325. The van der Waals surface area contributed by atoms with E-state index in [1.165, 1.54) is 76.7 Å². The fourth-order valence-electron chi connectivity index (χ4n) is 5.09. The molecule has 216 valence electrons. The summed E-state index contributed by atoms with van der Waals surface area (Å²) in [6.07, 6.45) is 9.98. The first-order valence-corrected chi connectivity index (χ1v) is 16.9. The third-order valence-electron chi connectivity index (χ3n) is 7.52. The molecule has 1 N–H and O–H groups in total. The van der Waals surface area contributed by atoms with E-state index in [1.54, 1.807) is 0 Å². The van der Waals surface area contributed by atoms with Gasteiger partial charge in [-0.15, -0.1) is 0 Å². The molecule has 1 nitrogen and oxygen atoms in total. The van der Waals surface area contributed by atoms with Crippen LogP contribution in [0.5, 0.6) is 5.75 Å². The van der Waals surface area contributed by atoms with E-state index < -0.39 is 7.92 Å². The van der Waals surface area contributed by atoms with Crippen molar-refractivity contribution < 1.29 is 5.11 Å². The van der Waals surface area contributed by atoms with Gasteiger partial charge < -0.3 is 5.11 Å². The van der Waals surface area contributed by atoms with Crippen LogP contribution in [0.25, 0.3) is 11.1 Å². The van der Waals surface area contributed by atoms with Crippen molar-refractivity contribution in [1.82, 2.24) is 0 Å². The molecule has 0 aliphatic rings. The van der Waals surface area contributed by atoms with Crippen LogP contribution in [0.2, 0.25) is 0 Å². The second-order valence-electron chi connectivity index (χ2n) is 10.8. The van der Waals surface area contributed by atoms with E-state index in [4.69, 9.17) is 0 Å². The number of aromatic hydroxyl groups is 1. The molecule has 5 aromatic rings. The van der Waals surface area contributed by atoms with Gasteiger partial charge in [0.05, 0.1) is 0 Å². The Labute approximate surface area is 255 Å². The van der Waals surface area contributed by atoms with Gasteiger partial charge in [-0.2, -0.15) is 0 Å². The molecule has 0 atom stereocenters. The van der Waals surface area contributed by atoms with Crippen molar-refractivity contribution >= 4 is 23.8 Å². The Bertz CT molecular complexity index is 1320. The predicted molar refractivity (Wildman–Crippen MR) is 185 cm³/mol. The molecule has 5 aromatic carbocycles. The Kier molecular flexibility index (Phi) is 12.9. The first kappa shape index (κ1) is 31.3. The number of phenols is 1. The lowest BCUT2D eigenvalue weighted by atomic mass is 10.1. The number of rotatable bonds is 12. The quantitative estimate of drug-likeness (QED) is 0.116. The minimum atomic E-state index is -0.626. The molecule has 0 heterocycles. The molecule has 0 aliphatic carbocycles. The first-order chi connectivity index (χ1) is 20.7. The van der Waals surface area contributed by atoms with Crippen LogP contribution in [0.3, 0.4) is 0 Å². The number of aryl methyl sites for hydroxylation is 2. The maximum atomic E-state index is 9.77. The van der Waals surface area contributed by atoms with Crippen LogP contribution in [-0.4, -0.2) is 5.11 Å². The zero-order valence-corrected chi connectivity index (χ0v) is 26.1. The molecule has 0 bridgehead atoms. The van der Waals surface area contributed by atoms with Gasteiger partial charge in [-0.25, -0.2) is 0 Å². The van der Waals surface area contributed by atoms with E-state index in [-0.39, 0.29) is 0 Å². The highest BCUT2D eigenvalue weighted by molar-refractivity contribution is 7.79. The number of hydrogen-bond acceptors (Lipinski definition) is 1. The molecule has 0 saturated carbocycles. The Hall–Kier alpha value is -3.67. The predicted octanol–water partition coefficient (Wildman–Crippen LogP) is 9.97. The fourth-order valence-corrected chi connectivity index (χ4v) is 7.33. The molecule has 0 amide bonds. The number of phenolic OH excluding ortho intramolecular Hbond substituents is 1. The smallest absolute Gasteiger partial charge is 0.115 e. The summed E-state index contributed by atoms with van der Waals surface area (Å²) in [6, 6.07) is 47.0. The Morgan fingerprint density at radius 2 is 0.786 bits per heavy atom. The molecule has 0 fully saturated rings. The second kappa shape index (κ2) is 17.3. The average molecular weight is 573 g/mol. The van der Waals surface area contributed by atoms with Crippen LogP contribution in [0.1, 0.15) is 63.5 Å². The van der Waals surface area contributed by atoms with Crippen molar-refractivity contribution in [3.05, 3.63) is 145 Å². The average Bonchev–Trinajstić information content (AvgIpc) is 3.05. The largest absolute Gasteiger partial charge is 0.508 e. The van der Waals surface area contributed by atoms with E-state index in [0.717, 1.165) is 12.8 Å². The molecule has 0 aliphatic heterocycles. The number of unbranched alkanes of at least 4 members (excludes halogenated alkanes) is 4. The highest BCUT2D eigenvalue weighted by atomic mass is 31.1. The molecule has 0 spiro atoms. The Balaban J connectivity index is 0.000000279. The fraction of sp³-hybridized carbons (Fsp3) is 0.250. The van der Waals surface area contributed by atoms with Gasteiger partial charge >= 0.3 is 0 Å². The standard InChI is InChI=1S/C28H35OP.C12H10/c1-3-5-7-9-23-11-17-26(18-12-23)30(28-21-15-25(29)16-22-28)27-19-13-24(14-20-27)10-8-6-4-2;1-3-7-11(8-4-1)12-9-5-2-6-10-12/h11-22,29H,3-10H2,1-2H3;1-10H. The van der Waals surface area contributed by atoms with Crippen LogP contribution in [-0.2, 0) is 12.8 Å². The lowest BCUT2D eigenvalue weighted by molar-refractivity contribution is 0.475. The van der Waals surface area contributed by atoms with Crippen LogP contribution in [0.15, 0.2) is 133 Å². The van der Waals surface area contributed by atoms with Gasteiger partial charge in [-0.3, -0.25) is 0 Å². The molecule has 2 heteroatoms. The van der Waals surface area contributed by atoms with Crippen molar-refractivity contribution in [2.75, 3.05) is 0 Å². The summed E-state index contributed by atoms with van der Waals surface area (Å²) >= 11 is 0. The van der Waals surface area contributed by atoms with Crippen molar-refractivity contribution in [2.45, 2.75) is 65.2 Å². The summed E-state index contributed by atoms with van der Waals surface area (Å²) < 4.78 is 0. The molecule has 0 saturated heterocycles. The van der Waals surface area contributed by atoms with Crippen molar-refractivity contribution in [1.29, 1.82) is 0 Å². The topological polar surface area (TPSA) is 20.2 Å². The zero-order valence-electron chi connectivity index (χ0n) is 25.3. The van der Waals surface area contributed by atoms with E-state index >= 15 is 0 Å². The summed E-state index contributed by atoms with van der Waals surface area (Å²) in [6.45, 7) is 4.51. The molecular formula is C40H45OP. The summed E-state index contributed by atoms with van der Waals surface area (Å²) in [5, 5.41) is 13.8. The minimum Gasteiger partial charge on any atom is -0.508 e. The van der Waals surface area contributed by atoms with Gasteiger partial charge in [-0.1, -0.05) is 161 Å². The van der Waals surface area contributed by atoms with Crippen molar-refractivity contribution in [2.24, 2.45) is 0 Å². The van der Waals surface area contributed by atoms with Crippen LogP contribution in [0.4, 0.5) is 0 Å². The maximum Gasteiger partial charge on any atom is 0.115 e. The summed E-state index contributed by atoms with van der Waals surface area (Å²) in [5.41, 5.74) is 5.41. The van der Waals surface area contributed by atoms with E-state index in [0.29, 0.717) is 5.75 Å². The molecule has 0 unspecified atom stereocenters. The second-order valence-corrected chi connectivity index (χ2v) is 13.1. The maximum absolute atomic E-state index is 9.77. The van der Waals surface area contributed by atoms with Gasteiger partial charge in [0.15, 0.2) is 0 Å². The highest BCUT2D eigenvalue weighted by Crippen LogP contribution is 2.33. The van der Waals surface area contributed by atoms with Crippen molar-refractivity contribution in [3.8, 4) is 16.9 Å². The minimum absolute atomic E-state index is 0.325.